The van der Waals surface area contributed by atoms with Crippen LogP contribution < -0.4 is 4.74 Å². The number of ether oxygens (including phenoxy) is 1. The first-order valence-electron chi connectivity index (χ1n) is 5.29. The van der Waals surface area contributed by atoms with Crippen molar-refractivity contribution in [2.24, 2.45) is 0 Å². The van der Waals surface area contributed by atoms with Crippen LogP contribution in [0.4, 0.5) is 0 Å². The summed E-state index contributed by atoms with van der Waals surface area (Å²) in [7, 11) is 1.71. The molecular weight excluding hydrogens is 172 g/mol. The summed E-state index contributed by atoms with van der Waals surface area (Å²) in [6, 6.07) is 6.34. The van der Waals surface area contributed by atoms with E-state index in [1.54, 1.807) is 7.11 Å². The van der Waals surface area contributed by atoms with E-state index >= 15 is 0 Å². The molecule has 1 nitrogen and oxygen atoms in total. The fourth-order valence-electron chi connectivity index (χ4n) is 1.23. The molecule has 0 aliphatic carbocycles. The number of hydrogen-bond acceptors (Lipinski definition) is 1. The van der Waals surface area contributed by atoms with Gasteiger partial charge in [0.05, 0.1) is 7.11 Å². The van der Waals surface area contributed by atoms with Gasteiger partial charge in [-0.15, -0.1) is 0 Å². The van der Waals surface area contributed by atoms with Gasteiger partial charge in [-0.3, -0.25) is 0 Å². The molecule has 80 valence electrons. The predicted molar refractivity (Wildman–Crippen MR) is 63.2 cm³/mol. The number of rotatable bonds is 2. The van der Waals surface area contributed by atoms with Crippen LogP contribution in [0.1, 0.15) is 44.7 Å². The van der Waals surface area contributed by atoms with Crippen LogP contribution in [-0.2, 0) is 0 Å². The summed E-state index contributed by atoms with van der Waals surface area (Å²) in [6.07, 6.45) is 0. The Morgan fingerprint density at radius 1 is 1.07 bits per heavy atom. The molecule has 14 heavy (non-hydrogen) atoms. The summed E-state index contributed by atoms with van der Waals surface area (Å²) >= 11 is 0. The number of benzene rings is 1. The van der Waals surface area contributed by atoms with Crippen molar-refractivity contribution in [1.82, 2.24) is 0 Å². The number of methoxy groups -OCH3 is 1. The molecular formula is C13H22O. The van der Waals surface area contributed by atoms with Crippen molar-refractivity contribution >= 4 is 0 Å². The van der Waals surface area contributed by atoms with Crippen LogP contribution in [0.2, 0.25) is 0 Å². The first-order chi connectivity index (χ1) is 6.63. The largest absolute Gasteiger partial charge is 0.497 e. The lowest BCUT2D eigenvalue weighted by Crippen LogP contribution is -1.91. The van der Waals surface area contributed by atoms with Crippen LogP contribution in [-0.4, -0.2) is 7.11 Å². The third-order valence-corrected chi connectivity index (χ3v) is 1.98. The van der Waals surface area contributed by atoms with Crippen molar-refractivity contribution < 1.29 is 4.74 Å². The average Bonchev–Trinajstić information content (AvgIpc) is 2.20. The maximum absolute atomic E-state index is 5.19. The summed E-state index contributed by atoms with van der Waals surface area (Å²) in [5.41, 5.74) is 2.60. The van der Waals surface area contributed by atoms with E-state index in [4.69, 9.17) is 4.74 Å². The molecule has 0 amide bonds. The minimum absolute atomic E-state index is 0.568. The van der Waals surface area contributed by atoms with Gasteiger partial charge in [-0.05, 0) is 36.1 Å². The van der Waals surface area contributed by atoms with E-state index in [2.05, 4.69) is 32.9 Å². The predicted octanol–water partition coefficient (Wildman–Crippen LogP) is 4.15. The smallest absolute Gasteiger partial charge is 0.119 e. The molecule has 1 rings (SSSR count). The topological polar surface area (TPSA) is 9.23 Å². The molecule has 0 unspecified atom stereocenters. The van der Waals surface area contributed by atoms with Crippen LogP contribution in [0.5, 0.6) is 5.75 Å². The molecule has 0 radical (unpaired) electrons. The van der Waals surface area contributed by atoms with Crippen molar-refractivity contribution in [2.45, 2.75) is 40.5 Å². The summed E-state index contributed by atoms with van der Waals surface area (Å²) in [4.78, 5) is 0. The molecule has 1 aromatic carbocycles. The highest BCUT2D eigenvalue weighted by molar-refractivity contribution is 5.35. The first kappa shape index (κ1) is 13.0. The molecule has 0 aromatic heterocycles. The summed E-state index contributed by atoms with van der Waals surface area (Å²) in [5, 5.41) is 0. The lowest BCUT2D eigenvalue weighted by Gasteiger charge is -2.08. The molecule has 0 bridgehead atoms. The second-order valence-electron chi connectivity index (χ2n) is 3.44. The van der Waals surface area contributed by atoms with E-state index in [-0.39, 0.29) is 0 Å². The SMILES string of the molecule is CC.COc1cc(C)cc(C(C)C)c1. The quantitative estimate of drug-likeness (QED) is 0.687. The first-order valence-corrected chi connectivity index (χ1v) is 5.29. The maximum atomic E-state index is 5.19. The Morgan fingerprint density at radius 3 is 2.07 bits per heavy atom. The van der Waals surface area contributed by atoms with Crippen LogP contribution in [0.3, 0.4) is 0 Å². The molecule has 0 saturated carbocycles. The van der Waals surface area contributed by atoms with Crippen molar-refractivity contribution in [3.63, 3.8) is 0 Å². The van der Waals surface area contributed by atoms with E-state index in [9.17, 15) is 0 Å². The Kier molecular flexibility index (Phi) is 6.02. The van der Waals surface area contributed by atoms with Crippen molar-refractivity contribution in [1.29, 1.82) is 0 Å². The van der Waals surface area contributed by atoms with Gasteiger partial charge < -0.3 is 4.74 Å². The van der Waals surface area contributed by atoms with Gasteiger partial charge in [0.2, 0.25) is 0 Å². The van der Waals surface area contributed by atoms with E-state index in [0.29, 0.717) is 5.92 Å². The lowest BCUT2D eigenvalue weighted by atomic mass is 10.0. The lowest BCUT2D eigenvalue weighted by molar-refractivity contribution is 0.413. The van der Waals surface area contributed by atoms with Gasteiger partial charge in [0, 0.05) is 0 Å². The molecule has 0 saturated heterocycles. The molecule has 1 aromatic rings. The Balaban J connectivity index is 0.000000791. The number of aryl methyl sites for hydroxylation is 1. The molecule has 0 N–H and O–H groups in total. The van der Waals surface area contributed by atoms with Crippen LogP contribution in [0.15, 0.2) is 18.2 Å². The standard InChI is InChI=1S/C11H16O.C2H6/c1-8(2)10-5-9(3)6-11(7-10)12-4;1-2/h5-8H,1-4H3;1-2H3. The van der Waals surface area contributed by atoms with Crippen molar-refractivity contribution in [2.75, 3.05) is 7.11 Å². The van der Waals surface area contributed by atoms with E-state index in [0.717, 1.165) is 5.75 Å². The zero-order valence-corrected chi connectivity index (χ0v) is 10.2. The Hall–Kier alpha value is -0.980. The highest BCUT2D eigenvalue weighted by atomic mass is 16.5. The third kappa shape index (κ3) is 3.82. The summed E-state index contributed by atoms with van der Waals surface area (Å²) in [5.74, 6) is 1.53. The second kappa shape index (κ2) is 6.47. The zero-order chi connectivity index (χ0) is 11.1. The maximum Gasteiger partial charge on any atom is 0.119 e. The van der Waals surface area contributed by atoms with Crippen molar-refractivity contribution in [3.05, 3.63) is 29.3 Å². The van der Waals surface area contributed by atoms with Gasteiger partial charge in [-0.1, -0.05) is 33.8 Å². The van der Waals surface area contributed by atoms with Gasteiger partial charge in [0.1, 0.15) is 5.75 Å². The van der Waals surface area contributed by atoms with Gasteiger partial charge >= 0.3 is 0 Å². The van der Waals surface area contributed by atoms with Crippen LogP contribution in [0.25, 0.3) is 0 Å². The minimum atomic E-state index is 0.568. The molecule has 0 aliphatic rings. The molecule has 0 aliphatic heterocycles. The molecule has 0 heterocycles. The third-order valence-electron chi connectivity index (χ3n) is 1.98. The Morgan fingerprint density at radius 2 is 1.64 bits per heavy atom. The normalized spacial score (nSPS) is 9.36. The fraction of sp³-hybridized carbons (Fsp3) is 0.538. The van der Waals surface area contributed by atoms with E-state index in [1.165, 1.54) is 11.1 Å². The van der Waals surface area contributed by atoms with Gasteiger partial charge in [-0.25, -0.2) is 0 Å². The highest BCUT2D eigenvalue weighted by Crippen LogP contribution is 2.22. The average molecular weight is 194 g/mol. The van der Waals surface area contributed by atoms with Crippen LogP contribution >= 0.6 is 0 Å². The molecule has 0 fully saturated rings. The highest BCUT2D eigenvalue weighted by Gasteiger charge is 2.01. The Labute approximate surface area is 88.1 Å². The second-order valence-corrected chi connectivity index (χ2v) is 3.44. The van der Waals surface area contributed by atoms with Crippen molar-refractivity contribution in [3.8, 4) is 5.75 Å². The minimum Gasteiger partial charge on any atom is -0.497 e. The summed E-state index contributed by atoms with van der Waals surface area (Å²) < 4.78 is 5.19. The van der Waals surface area contributed by atoms with Gasteiger partial charge in [0.15, 0.2) is 0 Å². The molecule has 0 atom stereocenters. The van der Waals surface area contributed by atoms with Gasteiger partial charge in [0.25, 0.3) is 0 Å². The monoisotopic (exact) mass is 194 g/mol. The van der Waals surface area contributed by atoms with Gasteiger partial charge in [-0.2, -0.15) is 0 Å². The molecule has 0 spiro atoms. The fourth-order valence-corrected chi connectivity index (χ4v) is 1.23. The zero-order valence-electron chi connectivity index (χ0n) is 10.2. The Bertz CT molecular complexity index is 264. The van der Waals surface area contributed by atoms with E-state index in [1.807, 2.05) is 19.9 Å². The number of hydrogen-bond donors (Lipinski definition) is 0. The van der Waals surface area contributed by atoms with Crippen LogP contribution in [0, 0.1) is 6.92 Å². The molecule has 1 heteroatoms. The van der Waals surface area contributed by atoms with E-state index < -0.39 is 0 Å². The summed E-state index contributed by atoms with van der Waals surface area (Å²) in [6.45, 7) is 10.5.